The number of halogens is 1. The lowest BCUT2D eigenvalue weighted by Crippen LogP contribution is -2.50. The molecule has 23 heavy (non-hydrogen) atoms. The van der Waals surface area contributed by atoms with Gasteiger partial charge in [-0.3, -0.25) is 9.58 Å². The number of hydrogen-bond acceptors (Lipinski definition) is 4. The Kier molecular flexibility index (Phi) is 5.31. The molecule has 0 radical (unpaired) electrons. The van der Waals surface area contributed by atoms with E-state index in [2.05, 4.69) is 33.8 Å². The first-order valence-corrected chi connectivity index (χ1v) is 9.13. The zero-order valence-corrected chi connectivity index (χ0v) is 15.5. The molecule has 0 aliphatic carbocycles. The largest absolute Gasteiger partial charge is 0.304 e. The zero-order chi connectivity index (χ0) is 16.4. The Hall–Kier alpha value is -0.620. The van der Waals surface area contributed by atoms with Crippen molar-refractivity contribution in [1.29, 1.82) is 0 Å². The number of hydrogen-bond donors (Lipinski definition) is 0. The van der Waals surface area contributed by atoms with Crippen LogP contribution in [0.15, 0.2) is 6.20 Å². The SMILES string of the molecule is CN1CCN(CC2(C)CCN(Cc3c(Cl)cnn3C)CC2)CC1. The standard InChI is InChI=1S/C17H30ClN5/c1-17(14-23-10-8-20(2)9-11-23)4-6-22(7-5-17)13-16-15(18)12-19-21(16)3/h12H,4-11,13-14H2,1-3H3. The summed E-state index contributed by atoms with van der Waals surface area (Å²) in [7, 11) is 4.20. The van der Waals surface area contributed by atoms with Gasteiger partial charge in [0, 0.05) is 46.3 Å². The molecule has 0 atom stereocenters. The molecule has 2 saturated heterocycles. The van der Waals surface area contributed by atoms with Gasteiger partial charge in [-0.25, -0.2) is 0 Å². The van der Waals surface area contributed by atoms with Gasteiger partial charge in [0.1, 0.15) is 0 Å². The highest BCUT2D eigenvalue weighted by atomic mass is 35.5. The first-order valence-electron chi connectivity index (χ1n) is 8.75. The molecule has 2 aliphatic heterocycles. The predicted molar refractivity (Wildman–Crippen MR) is 94.8 cm³/mol. The van der Waals surface area contributed by atoms with E-state index in [4.69, 9.17) is 11.6 Å². The Morgan fingerprint density at radius 1 is 1.04 bits per heavy atom. The van der Waals surface area contributed by atoms with Crippen molar-refractivity contribution in [2.24, 2.45) is 12.5 Å². The van der Waals surface area contributed by atoms with Crippen LogP contribution in [0, 0.1) is 5.41 Å². The van der Waals surface area contributed by atoms with E-state index in [1.54, 1.807) is 6.20 Å². The minimum Gasteiger partial charge on any atom is -0.304 e. The van der Waals surface area contributed by atoms with Crippen molar-refractivity contribution >= 4 is 11.6 Å². The summed E-state index contributed by atoms with van der Waals surface area (Å²) in [5, 5.41) is 5.03. The first kappa shape index (κ1) is 17.2. The molecule has 0 unspecified atom stereocenters. The van der Waals surface area contributed by atoms with Crippen molar-refractivity contribution < 1.29 is 0 Å². The maximum Gasteiger partial charge on any atom is 0.0831 e. The van der Waals surface area contributed by atoms with Gasteiger partial charge < -0.3 is 9.80 Å². The molecule has 1 aromatic rings. The van der Waals surface area contributed by atoms with Crippen LogP contribution in [-0.4, -0.2) is 77.3 Å². The van der Waals surface area contributed by atoms with Crippen molar-refractivity contribution in [3.8, 4) is 0 Å². The van der Waals surface area contributed by atoms with Crippen LogP contribution in [0.2, 0.25) is 5.02 Å². The number of rotatable bonds is 4. The molecule has 0 N–H and O–H groups in total. The molecular weight excluding hydrogens is 310 g/mol. The topological polar surface area (TPSA) is 27.5 Å². The average Bonchev–Trinajstić information content (AvgIpc) is 2.84. The molecule has 3 rings (SSSR count). The molecule has 0 aromatic carbocycles. The highest BCUT2D eigenvalue weighted by molar-refractivity contribution is 6.31. The van der Waals surface area contributed by atoms with Gasteiger partial charge in [-0.05, 0) is 38.4 Å². The van der Waals surface area contributed by atoms with E-state index in [-0.39, 0.29) is 0 Å². The third-order valence-electron chi connectivity index (χ3n) is 5.65. The normalized spacial score (nSPS) is 24.2. The Labute approximate surface area is 145 Å². The van der Waals surface area contributed by atoms with Crippen molar-refractivity contribution in [1.82, 2.24) is 24.5 Å². The molecule has 0 bridgehead atoms. The van der Waals surface area contributed by atoms with Crippen LogP contribution in [0.25, 0.3) is 0 Å². The van der Waals surface area contributed by atoms with Crippen molar-refractivity contribution in [3.63, 3.8) is 0 Å². The summed E-state index contributed by atoms with van der Waals surface area (Å²) in [4.78, 5) is 7.61. The fourth-order valence-corrected chi connectivity index (χ4v) is 4.01. The van der Waals surface area contributed by atoms with Crippen LogP contribution in [0.5, 0.6) is 0 Å². The second-order valence-corrected chi connectivity index (χ2v) is 8.14. The van der Waals surface area contributed by atoms with Crippen LogP contribution in [0.3, 0.4) is 0 Å². The maximum atomic E-state index is 6.24. The summed E-state index contributed by atoms with van der Waals surface area (Å²) in [6.45, 7) is 11.8. The van der Waals surface area contributed by atoms with Gasteiger partial charge in [0.25, 0.3) is 0 Å². The minimum atomic E-state index is 0.461. The van der Waals surface area contributed by atoms with Crippen molar-refractivity contribution in [3.05, 3.63) is 16.9 Å². The third kappa shape index (κ3) is 4.27. The summed E-state index contributed by atoms with van der Waals surface area (Å²) >= 11 is 6.24. The monoisotopic (exact) mass is 339 g/mol. The van der Waals surface area contributed by atoms with Crippen LogP contribution in [0.1, 0.15) is 25.5 Å². The van der Waals surface area contributed by atoms with Gasteiger partial charge in [-0.1, -0.05) is 18.5 Å². The molecular formula is C17H30ClN5. The number of piperidine rings is 1. The number of nitrogens with zero attached hydrogens (tertiary/aromatic N) is 5. The molecule has 5 nitrogen and oxygen atoms in total. The van der Waals surface area contributed by atoms with Crippen molar-refractivity contribution in [2.45, 2.75) is 26.3 Å². The molecule has 2 aliphatic rings. The molecule has 0 saturated carbocycles. The quantitative estimate of drug-likeness (QED) is 0.837. The molecule has 1 aromatic heterocycles. The summed E-state index contributed by atoms with van der Waals surface area (Å²) in [5.41, 5.74) is 1.59. The molecule has 3 heterocycles. The van der Waals surface area contributed by atoms with E-state index in [9.17, 15) is 0 Å². The van der Waals surface area contributed by atoms with E-state index < -0.39 is 0 Å². The molecule has 0 spiro atoms. The number of likely N-dealkylation sites (tertiary alicyclic amines) is 1. The Morgan fingerprint density at radius 2 is 1.70 bits per heavy atom. The molecule has 130 valence electrons. The summed E-state index contributed by atoms with van der Waals surface area (Å²) in [6.07, 6.45) is 4.29. The molecule has 6 heteroatoms. The molecule has 0 amide bonds. The Morgan fingerprint density at radius 3 is 2.26 bits per heavy atom. The summed E-state index contributed by atoms with van der Waals surface area (Å²) in [6, 6.07) is 0. The highest BCUT2D eigenvalue weighted by Gasteiger charge is 2.32. The van der Waals surface area contributed by atoms with E-state index in [1.807, 2.05) is 11.7 Å². The first-order chi connectivity index (χ1) is 11.0. The van der Waals surface area contributed by atoms with Crippen LogP contribution in [-0.2, 0) is 13.6 Å². The smallest absolute Gasteiger partial charge is 0.0831 e. The fraction of sp³-hybridized carbons (Fsp3) is 0.824. The number of aromatic nitrogens is 2. The van der Waals surface area contributed by atoms with Crippen LogP contribution in [0.4, 0.5) is 0 Å². The number of likely N-dealkylation sites (N-methyl/N-ethyl adjacent to an activating group) is 1. The van der Waals surface area contributed by atoms with Gasteiger partial charge in [0.05, 0.1) is 16.9 Å². The van der Waals surface area contributed by atoms with Crippen LogP contribution >= 0.6 is 11.6 Å². The second-order valence-electron chi connectivity index (χ2n) is 7.73. The van der Waals surface area contributed by atoms with Crippen LogP contribution < -0.4 is 0 Å². The van der Waals surface area contributed by atoms with Gasteiger partial charge in [-0.2, -0.15) is 5.10 Å². The highest BCUT2D eigenvalue weighted by Crippen LogP contribution is 2.33. The second kappa shape index (κ2) is 7.09. The van der Waals surface area contributed by atoms with E-state index in [1.165, 1.54) is 45.6 Å². The fourth-order valence-electron chi connectivity index (χ4n) is 3.78. The van der Waals surface area contributed by atoms with Crippen molar-refractivity contribution in [2.75, 3.05) is 52.9 Å². The van der Waals surface area contributed by atoms with Gasteiger partial charge >= 0.3 is 0 Å². The number of piperazine rings is 1. The van der Waals surface area contributed by atoms with E-state index in [0.717, 1.165) is 30.4 Å². The third-order valence-corrected chi connectivity index (χ3v) is 5.96. The number of aryl methyl sites for hydroxylation is 1. The zero-order valence-electron chi connectivity index (χ0n) is 14.8. The lowest BCUT2D eigenvalue weighted by molar-refractivity contribution is 0.0511. The van der Waals surface area contributed by atoms with E-state index in [0.29, 0.717) is 5.41 Å². The summed E-state index contributed by atoms with van der Waals surface area (Å²) < 4.78 is 1.90. The minimum absolute atomic E-state index is 0.461. The van der Waals surface area contributed by atoms with Gasteiger partial charge in [0.15, 0.2) is 0 Å². The average molecular weight is 340 g/mol. The van der Waals surface area contributed by atoms with E-state index >= 15 is 0 Å². The summed E-state index contributed by atoms with van der Waals surface area (Å²) in [5.74, 6) is 0. The van der Waals surface area contributed by atoms with Gasteiger partial charge in [0.2, 0.25) is 0 Å². The Balaban J connectivity index is 1.49. The lowest BCUT2D eigenvalue weighted by atomic mass is 9.79. The Bertz CT molecular complexity index is 494. The molecule has 2 fully saturated rings. The predicted octanol–water partition coefficient (Wildman–Crippen LogP) is 1.92. The van der Waals surface area contributed by atoms with Gasteiger partial charge in [-0.15, -0.1) is 0 Å². The maximum absolute atomic E-state index is 6.24. The lowest BCUT2D eigenvalue weighted by Gasteiger charge is -2.44.